The second-order valence-corrected chi connectivity index (χ2v) is 7.04. The van der Waals surface area contributed by atoms with Gasteiger partial charge in [0.1, 0.15) is 5.52 Å². The van der Waals surface area contributed by atoms with E-state index in [1.54, 1.807) is 0 Å². The summed E-state index contributed by atoms with van der Waals surface area (Å²) in [6, 6.07) is 12.4. The number of nitrogens with zero attached hydrogens (tertiary/aromatic N) is 3. The van der Waals surface area contributed by atoms with Crippen molar-refractivity contribution >= 4 is 17.0 Å². The number of hydrogen-bond acceptors (Lipinski definition) is 4. The number of halogens is 3. The van der Waals surface area contributed by atoms with Gasteiger partial charge in [0.2, 0.25) is 5.89 Å². The summed E-state index contributed by atoms with van der Waals surface area (Å²) in [6.45, 7) is 2.51. The molecule has 1 aliphatic rings. The van der Waals surface area contributed by atoms with Crippen molar-refractivity contribution in [2.75, 3.05) is 26.2 Å². The van der Waals surface area contributed by atoms with Gasteiger partial charge in [0.15, 0.2) is 5.58 Å². The summed E-state index contributed by atoms with van der Waals surface area (Å²) < 4.78 is 45.5. The van der Waals surface area contributed by atoms with Gasteiger partial charge in [-0.3, -0.25) is 9.69 Å². The van der Waals surface area contributed by atoms with Crippen molar-refractivity contribution in [1.29, 1.82) is 0 Å². The first-order chi connectivity index (χ1) is 13.9. The molecule has 1 aromatic heterocycles. The molecule has 0 spiro atoms. The SMILES string of the molecule is O=C(c1ccccc1C(F)(F)F)N1CCCN(Cc2nc3ccccc3o2)CC1. The van der Waals surface area contributed by atoms with Crippen LogP contribution in [-0.2, 0) is 12.7 Å². The molecule has 0 atom stereocenters. The quantitative estimate of drug-likeness (QED) is 0.658. The Hall–Kier alpha value is -2.87. The minimum Gasteiger partial charge on any atom is -0.439 e. The molecule has 29 heavy (non-hydrogen) atoms. The molecule has 1 amide bonds. The van der Waals surface area contributed by atoms with Crippen LogP contribution in [0.5, 0.6) is 0 Å². The molecular weight excluding hydrogens is 383 g/mol. The van der Waals surface area contributed by atoms with E-state index in [0.717, 1.165) is 17.2 Å². The van der Waals surface area contributed by atoms with E-state index in [4.69, 9.17) is 4.42 Å². The van der Waals surface area contributed by atoms with E-state index in [1.807, 2.05) is 24.3 Å². The molecule has 3 aromatic rings. The lowest BCUT2D eigenvalue weighted by Crippen LogP contribution is -2.36. The monoisotopic (exact) mass is 403 g/mol. The number of para-hydroxylation sites is 2. The van der Waals surface area contributed by atoms with E-state index in [9.17, 15) is 18.0 Å². The molecule has 0 bridgehead atoms. The number of amides is 1. The zero-order chi connectivity index (χ0) is 20.4. The summed E-state index contributed by atoms with van der Waals surface area (Å²) in [5.41, 5.74) is 0.320. The lowest BCUT2D eigenvalue weighted by Gasteiger charge is -2.23. The van der Waals surface area contributed by atoms with Gasteiger partial charge in [0.25, 0.3) is 5.91 Å². The van der Waals surface area contributed by atoms with Crippen molar-refractivity contribution in [2.45, 2.75) is 19.1 Å². The van der Waals surface area contributed by atoms with Crippen LogP contribution in [0.4, 0.5) is 13.2 Å². The minimum absolute atomic E-state index is 0.299. The van der Waals surface area contributed by atoms with Crippen LogP contribution in [-0.4, -0.2) is 46.9 Å². The topological polar surface area (TPSA) is 49.6 Å². The van der Waals surface area contributed by atoms with Gasteiger partial charge in [-0.2, -0.15) is 13.2 Å². The number of oxazole rings is 1. The highest BCUT2D eigenvalue weighted by atomic mass is 19.4. The molecule has 5 nitrogen and oxygen atoms in total. The molecular formula is C21H20F3N3O2. The normalized spacial score (nSPS) is 16.2. The molecule has 0 saturated carbocycles. The van der Waals surface area contributed by atoms with Crippen LogP contribution in [0.2, 0.25) is 0 Å². The Bertz CT molecular complexity index is 983. The summed E-state index contributed by atoms with van der Waals surface area (Å²) in [4.78, 5) is 20.8. The number of aromatic nitrogens is 1. The minimum atomic E-state index is -4.56. The molecule has 1 aliphatic heterocycles. The van der Waals surface area contributed by atoms with Crippen LogP contribution in [0.3, 0.4) is 0 Å². The Morgan fingerprint density at radius 1 is 1.00 bits per heavy atom. The first kappa shape index (κ1) is 19.4. The Kier molecular flexibility index (Phi) is 5.27. The van der Waals surface area contributed by atoms with E-state index >= 15 is 0 Å². The van der Waals surface area contributed by atoms with E-state index in [-0.39, 0.29) is 5.56 Å². The maximum Gasteiger partial charge on any atom is 0.417 e. The van der Waals surface area contributed by atoms with Crippen LogP contribution in [0.1, 0.15) is 28.2 Å². The molecule has 1 fully saturated rings. The van der Waals surface area contributed by atoms with Crippen LogP contribution in [0.15, 0.2) is 52.9 Å². The average molecular weight is 403 g/mol. The highest BCUT2D eigenvalue weighted by Gasteiger charge is 2.36. The first-order valence-electron chi connectivity index (χ1n) is 9.44. The average Bonchev–Trinajstić information content (AvgIpc) is 2.96. The van der Waals surface area contributed by atoms with Gasteiger partial charge in [0.05, 0.1) is 17.7 Å². The summed E-state index contributed by atoms with van der Waals surface area (Å²) in [5, 5.41) is 0. The first-order valence-corrected chi connectivity index (χ1v) is 9.44. The van der Waals surface area contributed by atoms with Gasteiger partial charge >= 0.3 is 6.18 Å². The second-order valence-electron chi connectivity index (χ2n) is 7.04. The Balaban J connectivity index is 1.44. The summed E-state index contributed by atoms with van der Waals surface area (Å²) in [5.74, 6) is 0.00929. The highest BCUT2D eigenvalue weighted by molar-refractivity contribution is 5.96. The Labute approximate surface area is 165 Å². The van der Waals surface area contributed by atoms with Gasteiger partial charge in [-0.15, -0.1) is 0 Å². The van der Waals surface area contributed by atoms with Crippen molar-refractivity contribution < 1.29 is 22.4 Å². The number of alkyl halides is 3. The standard InChI is InChI=1S/C21H20F3N3O2/c22-21(23,24)16-7-2-1-6-15(16)20(28)27-11-5-10-26(12-13-27)14-19-25-17-8-3-4-9-18(17)29-19/h1-4,6-9H,5,10-14H2. The third-order valence-electron chi connectivity index (χ3n) is 5.04. The highest BCUT2D eigenvalue weighted by Crippen LogP contribution is 2.32. The molecule has 8 heteroatoms. The van der Waals surface area contributed by atoms with E-state index in [0.29, 0.717) is 45.0 Å². The molecule has 1 saturated heterocycles. The second kappa shape index (κ2) is 7.87. The smallest absolute Gasteiger partial charge is 0.417 e. The number of fused-ring (bicyclic) bond motifs is 1. The fourth-order valence-electron chi connectivity index (χ4n) is 3.60. The largest absolute Gasteiger partial charge is 0.439 e. The van der Waals surface area contributed by atoms with Crippen LogP contribution in [0, 0.1) is 0 Å². The Morgan fingerprint density at radius 2 is 1.76 bits per heavy atom. The lowest BCUT2D eigenvalue weighted by molar-refractivity contribution is -0.138. The third kappa shape index (κ3) is 4.27. The van der Waals surface area contributed by atoms with Gasteiger partial charge in [-0.05, 0) is 30.7 Å². The number of rotatable bonds is 3. The van der Waals surface area contributed by atoms with E-state index in [1.165, 1.54) is 23.1 Å². The third-order valence-corrected chi connectivity index (χ3v) is 5.04. The maximum atomic E-state index is 13.3. The van der Waals surface area contributed by atoms with Crippen LogP contribution < -0.4 is 0 Å². The Morgan fingerprint density at radius 3 is 2.55 bits per heavy atom. The van der Waals surface area contributed by atoms with Gasteiger partial charge in [-0.25, -0.2) is 4.98 Å². The number of carbonyl (C=O) groups is 1. The van der Waals surface area contributed by atoms with Gasteiger partial charge in [0, 0.05) is 26.2 Å². The summed E-state index contributed by atoms with van der Waals surface area (Å²) in [7, 11) is 0. The number of hydrogen-bond donors (Lipinski definition) is 0. The molecule has 2 heterocycles. The molecule has 0 radical (unpaired) electrons. The zero-order valence-electron chi connectivity index (χ0n) is 15.7. The predicted molar refractivity (Wildman–Crippen MR) is 101 cm³/mol. The van der Waals surface area contributed by atoms with E-state index in [2.05, 4.69) is 9.88 Å². The lowest BCUT2D eigenvalue weighted by atomic mass is 10.1. The van der Waals surface area contributed by atoms with Crippen molar-refractivity contribution in [3.05, 3.63) is 65.5 Å². The molecule has 0 unspecified atom stereocenters. The van der Waals surface area contributed by atoms with Crippen molar-refractivity contribution in [3.8, 4) is 0 Å². The maximum absolute atomic E-state index is 13.3. The molecule has 0 N–H and O–H groups in total. The van der Waals surface area contributed by atoms with Crippen molar-refractivity contribution in [3.63, 3.8) is 0 Å². The molecule has 0 aliphatic carbocycles. The molecule has 4 rings (SSSR count). The summed E-state index contributed by atoms with van der Waals surface area (Å²) >= 11 is 0. The van der Waals surface area contributed by atoms with Crippen LogP contribution >= 0.6 is 0 Å². The fraction of sp³-hybridized carbons (Fsp3) is 0.333. The fourth-order valence-corrected chi connectivity index (χ4v) is 3.60. The van der Waals surface area contributed by atoms with E-state index < -0.39 is 17.6 Å². The predicted octanol–water partition coefficient (Wildman–Crippen LogP) is 4.19. The number of carbonyl (C=O) groups excluding carboxylic acids is 1. The van der Waals surface area contributed by atoms with Crippen molar-refractivity contribution in [1.82, 2.24) is 14.8 Å². The zero-order valence-corrected chi connectivity index (χ0v) is 15.7. The van der Waals surface area contributed by atoms with Crippen molar-refractivity contribution in [2.24, 2.45) is 0 Å². The van der Waals surface area contributed by atoms with Gasteiger partial charge < -0.3 is 9.32 Å². The number of benzene rings is 2. The van der Waals surface area contributed by atoms with Crippen LogP contribution in [0.25, 0.3) is 11.1 Å². The summed E-state index contributed by atoms with van der Waals surface area (Å²) in [6.07, 6.45) is -3.89. The van der Waals surface area contributed by atoms with Gasteiger partial charge in [-0.1, -0.05) is 24.3 Å². The molecule has 2 aromatic carbocycles. The molecule has 152 valence electrons.